The quantitative estimate of drug-likeness (QED) is 0.769. The zero-order chi connectivity index (χ0) is 17.9. The molecule has 0 radical (unpaired) electrons. The van der Waals surface area contributed by atoms with Gasteiger partial charge < -0.3 is 10.2 Å². The van der Waals surface area contributed by atoms with Crippen LogP contribution in [0.5, 0.6) is 0 Å². The molecular weight excluding hydrogens is 328 g/mol. The van der Waals surface area contributed by atoms with Crippen molar-refractivity contribution in [2.75, 3.05) is 5.32 Å². The third-order valence-electron chi connectivity index (χ3n) is 4.32. The molecule has 1 aromatic carbocycles. The maximum atomic E-state index is 12.7. The number of hydrogen-bond donors (Lipinski definition) is 1. The number of pyridine rings is 1. The topological polar surface area (TPSA) is 75.9 Å². The lowest BCUT2D eigenvalue weighted by atomic mass is 10.2. The average molecular weight is 348 g/mol. The van der Waals surface area contributed by atoms with E-state index in [0.717, 1.165) is 29.7 Å². The van der Waals surface area contributed by atoms with E-state index in [0.29, 0.717) is 18.4 Å². The molecule has 2 amide bonds. The zero-order valence-corrected chi connectivity index (χ0v) is 14.5. The average Bonchev–Trinajstić information content (AvgIpc) is 3.41. The normalized spacial score (nSPS) is 13.4. The molecule has 7 nitrogen and oxygen atoms in total. The number of amides is 2. The first-order valence-corrected chi connectivity index (χ1v) is 8.61. The highest BCUT2D eigenvalue weighted by Gasteiger charge is 2.32. The fourth-order valence-corrected chi connectivity index (χ4v) is 2.81. The first-order valence-electron chi connectivity index (χ1n) is 8.61. The summed E-state index contributed by atoms with van der Waals surface area (Å²) >= 11 is 0. The second kappa shape index (κ2) is 6.95. The molecule has 2 heterocycles. The number of carbonyl (C=O) groups is 1. The number of nitrogens with zero attached hydrogens (tertiary/aromatic N) is 5. The third kappa shape index (κ3) is 3.72. The molecule has 1 aliphatic carbocycles. The highest BCUT2D eigenvalue weighted by molar-refractivity contribution is 5.90. The lowest BCUT2D eigenvalue weighted by molar-refractivity contribution is 0.206. The predicted molar refractivity (Wildman–Crippen MR) is 98.3 cm³/mol. The van der Waals surface area contributed by atoms with Crippen LogP contribution in [-0.2, 0) is 13.6 Å². The molecule has 7 heteroatoms. The van der Waals surface area contributed by atoms with Crippen molar-refractivity contribution in [3.05, 3.63) is 60.7 Å². The van der Waals surface area contributed by atoms with Crippen molar-refractivity contribution in [3.8, 4) is 11.4 Å². The van der Waals surface area contributed by atoms with E-state index in [-0.39, 0.29) is 6.03 Å². The van der Waals surface area contributed by atoms with Gasteiger partial charge in [-0.25, -0.2) is 9.78 Å². The minimum atomic E-state index is -0.0833. The van der Waals surface area contributed by atoms with Gasteiger partial charge in [-0.2, -0.15) is 5.10 Å². The number of hydrogen-bond acceptors (Lipinski definition) is 4. The Labute approximate surface area is 151 Å². The molecule has 0 aliphatic heterocycles. The molecule has 3 aromatic rings. The first-order chi connectivity index (χ1) is 12.7. The minimum absolute atomic E-state index is 0.0833. The fourth-order valence-electron chi connectivity index (χ4n) is 2.81. The van der Waals surface area contributed by atoms with Crippen molar-refractivity contribution in [1.82, 2.24) is 24.6 Å². The van der Waals surface area contributed by atoms with Gasteiger partial charge in [-0.3, -0.25) is 9.67 Å². The van der Waals surface area contributed by atoms with Crippen LogP contribution in [0.25, 0.3) is 11.4 Å². The molecule has 2 aromatic heterocycles. The van der Waals surface area contributed by atoms with Gasteiger partial charge in [-0.15, -0.1) is 0 Å². The number of nitrogens with one attached hydrogen (secondary N) is 1. The molecule has 1 saturated carbocycles. The van der Waals surface area contributed by atoms with Crippen LogP contribution < -0.4 is 5.32 Å². The summed E-state index contributed by atoms with van der Waals surface area (Å²) in [5, 5.41) is 7.27. The van der Waals surface area contributed by atoms with E-state index in [2.05, 4.69) is 20.4 Å². The summed E-state index contributed by atoms with van der Waals surface area (Å²) in [5.41, 5.74) is 2.70. The Morgan fingerprint density at radius 2 is 2.08 bits per heavy atom. The van der Waals surface area contributed by atoms with E-state index in [1.807, 2.05) is 48.3 Å². The maximum absolute atomic E-state index is 12.7. The van der Waals surface area contributed by atoms with Gasteiger partial charge in [0.2, 0.25) is 0 Å². The van der Waals surface area contributed by atoms with Crippen molar-refractivity contribution in [2.24, 2.45) is 7.05 Å². The predicted octanol–water partition coefficient (Wildman–Crippen LogP) is 3.07. The number of benzene rings is 1. The van der Waals surface area contributed by atoms with Crippen molar-refractivity contribution >= 4 is 11.7 Å². The van der Waals surface area contributed by atoms with Crippen LogP contribution in [-0.4, -0.2) is 36.7 Å². The lowest BCUT2D eigenvalue weighted by Gasteiger charge is -2.23. The third-order valence-corrected chi connectivity index (χ3v) is 4.32. The van der Waals surface area contributed by atoms with Crippen molar-refractivity contribution < 1.29 is 4.79 Å². The van der Waals surface area contributed by atoms with Crippen LogP contribution in [0.2, 0.25) is 0 Å². The van der Waals surface area contributed by atoms with E-state index in [1.54, 1.807) is 23.4 Å². The molecule has 0 bridgehead atoms. The summed E-state index contributed by atoms with van der Waals surface area (Å²) in [6.45, 7) is 0.570. The first kappa shape index (κ1) is 16.3. The fraction of sp³-hybridized carbons (Fsp3) is 0.263. The smallest absolute Gasteiger partial charge is 0.317 e. The number of urea groups is 1. The van der Waals surface area contributed by atoms with E-state index in [1.165, 1.54) is 0 Å². The Morgan fingerprint density at radius 3 is 2.69 bits per heavy atom. The van der Waals surface area contributed by atoms with Crippen molar-refractivity contribution in [2.45, 2.75) is 25.4 Å². The van der Waals surface area contributed by atoms with Gasteiger partial charge in [-0.05, 0) is 48.7 Å². The van der Waals surface area contributed by atoms with E-state index >= 15 is 0 Å². The van der Waals surface area contributed by atoms with Crippen LogP contribution in [0, 0.1) is 0 Å². The molecule has 0 atom stereocenters. The molecule has 1 aliphatic rings. The second-order valence-electron chi connectivity index (χ2n) is 6.47. The summed E-state index contributed by atoms with van der Waals surface area (Å²) in [5.74, 6) is 0.668. The van der Waals surface area contributed by atoms with Crippen LogP contribution in [0.15, 0.2) is 55.1 Å². The van der Waals surface area contributed by atoms with E-state index in [4.69, 9.17) is 0 Å². The van der Waals surface area contributed by atoms with Crippen LogP contribution in [0.1, 0.15) is 18.4 Å². The summed E-state index contributed by atoms with van der Waals surface area (Å²) in [6, 6.07) is 11.7. The summed E-state index contributed by atoms with van der Waals surface area (Å²) < 4.78 is 1.66. The monoisotopic (exact) mass is 348 g/mol. The number of rotatable bonds is 5. The maximum Gasteiger partial charge on any atom is 0.322 e. The summed E-state index contributed by atoms with van der Waals surface area (Å²) in [6.07, 6.45) is 7.31. The Hall–Kier alpha value is -3.22. The van der Waals surface area contributed by atoms with Gasteiger partial charge in [0.05, 0.1) is 0 Å². The molecule has 26 heavy (non-hydrogen) atoms. The molecule has 4 rings (SSSR count). The van der Waals surface area contributed by atoms with Gasteiger partial charge in [-0.1, -0.05) is 6.07 Å². The molecule has 1 N–H and O–H groups in total. The van der Waals surface area contributed by atoms with Gasteiger partial charge in [0.1, 0.15) is 6.33 Å². The molecule has 1 fully saturated rings. The SMILES string of the molecule is Cn1cnc(-c2ccc(NC(=O)N(Cc3cccnc3)C3CC3)cc2)n1. The zero-order valence-electron chi connectivity index (χ0n) is 14.5. The number of carbonyl (C=O) groups excluding carboxylic acids is 1. The van der Waals surface area contributed by atoms with Gasteiger partial charge >= 0.3 is 6.03 Å². The Kier molecular flexibility index (Phi) is 4.35. The standard InChI is InChI=1S/C19H20N6O/c1-24-13-21-18(23-24)15-4-6-16(7-5-15)22-19(26)25(17-8-9-17)12-14-3-2-10-20-11-14/h2-7,10-11,13,17H,8-9,12H2,1H3,(H,22,26). The largest absolute Gasteiger partial charge is 0.322 e. The van der Waals surface area contributed by atoms with Gasteiger partial charge in [0.15, 0.2) is 5.82 Å². The number of aryl methyl sites for hydroxylation is 1. The highest BCUT2D eigenvalue weighted by Crippen LogP contribution is 2.29. The molecule has 132 valence electrons. The Morgan fingerprint density at radius 1 is 1.27 bits per heavy atom. The van der Waals surface area contributed by atoms with Crippen LogP contribution >= 0.6 is 0 Å². The molecule has 0 unspecified atom stereocenters. The summed E-state index contributed by atoms with van der Waals surface area (Å²) in [4.78, 5) is 23.0. The lowest BCUT2D eigenvalue weighted by Crippen LogP contribution is -2.36. The molecule has 0 saturated heterocycles. The van der Waals surface area contributed by atoms with Crippen molar-refractivity contribution in [1.29, 1.82) is 0 Å². The van der Waals surface area contributed by atoms with Gasteiger partial charge in [0.25, 0.3) is 0 Å². The van der Waals surface area contributed by atoms with E-state index in [9.17, 15) is 4.79 Å². The molecular formula is C19H20N6O. The number of aromatic nitrogens is 4. The van der Waals surface area contributed by atoms with Crippen LogP contribution in [0.3, 0.4) is 0 Å². The minimum Gasteiger partial charge on any atom is -0.317 e. The highest BCUT2D eigenvalue weighted by atomic mass is 16.2. The second-order valence-corrected chi connectivity index (χ2v) is 6.47. The summed E-state index contributed by atoms with van der Waals surface area (Å²) in [7, 11) is 1.83. The van der Waals surface area contributed by atoms with Crippen LogP contribution in [0.4, 0.5) is 10.5 Å². The van der Waals surface area contributed by atoms with E-state index < -0.39 is 0 Å². The Bertz CT molecular complexity index is 886. The number of anilines is 1. The Balaban J connectivity index is 1.44. The molecule has 0 spiro atoms. The van der Waals surface area contributed by atoms with Crippen molar-refractivity contribution in [3.63, 3.8) is 0 Å². The van der Waals surface area contributed by atoms with Gasteiger partial charge in [0, 0.05) is 43.3 Å².